The van der Waals surface area contributed by atoms with Crippen molar-refractivity contribution < 1.29 is 18.6 Å². The van der Waals surface area contributed by atoms with Crippen molar-refractivity contribution in [2.24, 2.45) is 5.92 Å². The fraction of sp³-hybridized carbons (Fsp3) is 1.00. The molecule has 0 aromatic carbocycles. The zero-order chi connectivity index (χ0) is 16.3. The lowest BCUT2D eigenvalue weighted by molar-refractivity contribution is -0.0435. The molecule has 21 heavy (non-hydrogen) atoms. The Bertz CT molecular complexity index is 412. The van der Waals surface area contributed by atoms with Crippen LogP contribution in [-0.4, -0.2) is 36.4 Å². The predicted octanol–water partition coefficient (Wildman–Crippen LogP) is 3.28. The molecule has 0 N–H and O–H groups in total. The summed E-state index contributed by atoms with van der Waals surface area (Å²) in [6.45, 7) is 18.9. The maximum absolute atomic E-state index is 6.27. The first kappa shape index (κ1) is 17.3. The van der Waals surface area contributed by atoms with Crippen LogP contribution in [0.1, 0.15) is 68.7 Å². The van der Waals surface area contributed by atoms with Gasteiger partial charge in [0.1, 0.15) is 0 Å². The molecule has 2 saturated heterocycles. The molecule has 2 atom stereocenters. The lowest BCUT2D eigenvalue weighted by Crippen LogP contribution is -2.49. The van der Waals surface area contributed by atoms with Gasteiger partial charge in [-0.2, -0.15) is 0 Å². The minimum absolute atomic E-state index is 0.328. The zero-order valence-corrected chi connectivity index (χ0v) is 15.1. The van der Waals surface area contributed by atoms with E-state index in [0.29, 0.717) is 5.92 Å². The van der Waals surface area contributed by atoms with E-state index in [0.717, 1.165) is 6.42 Å². The van der Waals surface area contributed by atoms with Gasteiger partial charge in [-0.15, -0.1) is 0 Å². The van der Waals surface area contributed by atoms with Gasteiger partial charge in [-0.1, -0.05) is 20.8 Å². The predicted molar refractivity (Wildman–Crippen MR) is 85.9 cm³/mol. The minimum atomic E-state index is -0.486. The monoisotopic (exact) mass is 296 g/mol. The van der Waals surface area contributed by atoms with Crippen LogP contribution in [0.3, 0.4) is 0 Å². The Hall–Kier alpha value is -0.0301. The quantitative estimate of drug-likeness (QED) is 0.749. The van der Waals surface area contributed by atoms with Gasteiger partial charge in [-0.3, -0.25) is 0 Å². The van der Waals surface area contributed by atoms with Crippen LogP contribution >= 0.6 is 0 Å². The number of hydrogen-bond donors (Lipinski definition) is 0. The van der Waals surface area contributed by atoms with Crippen molar-refractivity contribution >= 4 is 14.0 Å². The Morgan fingerprint density at radius 1 is 0.762 bits per heavy atom. The van der Waals surface area contributed by atoms with Crippen LogP contribution in [0, 0.1) is 5.92 Å². The van der Waals surface area contributed by atoms with E-state index in [9.17, 15) is 0 Å². The summed E-state index contributed by atoms with van der Waals surface area (Å²) in [6.07, 6.45) is 0.883. The van der Waals surface area contributed by atoms with Crippen LogP contribution in [0.5, 0.6) is 0 Å². The van der Waals surface area contributed by atoms with E-state index < -0.39 is 14.0 Å². The van der Waals surface area contributed by atoms with E-state index in [1.807, 2.05) is 0 Å². The summed E-state index contributed by atoms with van der Waals surface area (Å²) in [5.41, 5.74) is -1.43. The lowest BCUT2D eigenvalue weighted by atomic mass is 9.49. The Morgan fingerprint density at radius 2 is 1.24 bits per heavy atom. The summed E-state index contributed by atoms with van der Waals surface area (Å²) in [7, 11) is -0.968. The molecule has 2 unspecified atom stereocenters. The van der Waals surface area contributed by atoms with Gasteiger partial charge in [0, 0.05) is 0 Å². The molecule has 0 spiro atoms. The van der Waals surface area contributed by atoms with E-state index in [1.165, 1.54) is 0 Å². The van der Waals surface area contributed by atoms with E-state index in [1.54, 1.807) is 0 Å². The second-order valence-corrected chi connectivity index (χ2v) is 8.07. The SMILES string of the molecule is CCC1(C)OB(B2OC(C)(C)C(C)(C(C)C)O2)OC1(C)C. The normalized spacial score (nSPS) is 38.6. The second-order valence-electron chi connectivity index (χ2n) is 8.07. The molecule has 0 amide bonds. The molecule has 6 heteroatoms. The first-order valence-electron chi connectivity index (χ1n) is 8.10. The van der Waals surface area contributed by atoms with Gasteiger partial charge >= 0.3 is 14.0 Å². The van der Waals surface area contributed by atoms with Crippen molar-refractivity contribution in [2.75, 3.05) is 0 Å². The Balaban J connectivity index is 2.20. The van der Waals surface area contributed by atoms with Gasteiger partial charge in [-0.25, -0.2) is 0 Å². The van der Waals surface area contributed by atoms with E-state index >= 15 is 0 Å². The summed E-state index contributed by atoms with van der Waals surface area (Å²) in [5.74, 6) is 0.337. The van der Waals surface area contributed by atoms with Crippen LogP contribution in [0.2, 0.25) is 0 Å². The van der Waals surface area contributed by atoms with Crippen molar-refractivity contribution in [3.8, 4) is 0 Å². The van der Waals surface area contributed by atoms with E-state index in [-0.39, 0.29) is 22.4 Å². The van der Waals surface area contributed by atoms with Crippen molar-refractivity contribution in [3.05, 3.63) is 0 Å². The standard InChI is InChI=1S/C15H30B2O4/c1-10-14(8)12(4,5)18-16(20-14)17-19-13(6,7)15(9,21-17)11(2)3/h11H,10H2,1-9H3. The summed E-state index contributed by atoms with van der Waals surface area (Å²) in [5, 5.41) is 0. The fourth-order valence-corrected chi connectivity index (χ4v) is 3.21. The van der Waals surface area contributed by atoms with Crippen molar-refractivity contribution in [2.45, 2.75) is 91.1 Å². The third-order valence-electron chi connectivity index (χ3n) is 6.03. The van der Waals surface area contributed by atoms with Crippen molar-refractivity contribution in [1.29, 1.82) is 0 Å². The van der Waals surface area contributed by atoms with Crippen molar-refractivity contribution in [1.82, 2.24) is 0 Å². The van der Waals surface area contributed by atoms with Gasteiger partial charge in [0.05, 0.1) is 22.4 Å². The van der Waals surface area contributed by atoms with Gasteiger partial charge in [-0.05, 0) is 53.9 Å². The highest BCUT2D eigenvalue weighted by Crippen LogP contribution is 2.46. The molecule has 2 aliphatic rings. The van der Waals surface area contributed by atoms with Gasteiger partial charge < -0.3 is 18.6 Å². The van der Waals surface area contributed by atoms with Crippen molar-refractivity contribution in [3.63, 3.8) is 0 Å². The average Bonchev–Trinajstić information content (AvgIpc) is 2.73. The first-order valence-corrected chi connectivity index (χ1v) is 8.10. The molecule has 4 nitrogen and oxygen atoms in total. The number of hydrogen-bond acceptors (Lipinski definition) is 4. The molecule has 0 saturated carbocycles. The third-order valence-corrected chi connectivity index (χ3v) is 6.03. The lowest BCUT2D eigenvalue weighted by Gasteiger charge is -2.39. The van der Waals surface area contributed by atoms with Crippen LogP contribution in [0.25, 0.3) is 0 Å². The third kappa shape index (κ3) is 2.48. The highest BCUT2D eigenvalue weighted by molar-refractivity contribution is 7.11. The van der Waals surface area contributed by atoms with E-state index in [2.05, 4.69) is 62.3 Å². The summed E-state index contributed by atoms with van der Waals surface area (Å²) in [6, 6.07) is 0. The summed E-state index contributed by atoms with van der Waals surface area (Å²) in [4.78, 5) is 0. The molecule has 2 aliphatic heterocycles. The maximum atomic E-state index is 6.27. The molecule has 2 heterocycles. The van der Waals surface area contributed by atoms with Crippen LogP contribution in [0.4, 0.5) is 0 Å². The highest BCUT2D eigenvalue weighted by Gasteiger charge is 2.65. The van der Waals surface area contributed by atoms with Gasteiger partial charge in [0.25, 0.3) is 0 Å². The average molecular weight is 296 g/mol. The molecule has 120 valence electrons. The fourth-order valence-electron chi connectivity index (χ4n) is 3.21. The zero-order valence-electron chi connectivity index (χ0n) is 15.1. The smallest absolute Gasteiger partial charge is 0.405 e. The molecule has 2 rings (SSSR count). The molecular weight excluding hydrogens is 266 g/mol. The Labute approximate surface area is 130 Å². The Morgan fingerprint density at radius 3 is 1.62 bits per heavy atom. The maximum Gasteiger partial charge on any atom is 0.489 e. The largest absolute Gasteiger partial charge is 0.489 e. The molecule has 0 aromatic heterocycles. The first-order chi connectivity index (χ1) is 9.38. The highest BCUT2D eigenvalue weighted by atomic mass is 16.7. The summed E-state index contributed by atoms with van der Waals surface area (Å²) >= 11 is 0. The van der Waals surface area contributed by atoms with Gasteiger partial charge in [0.2, 0.25) is 0 Å². The molecule has 0 radical (unpaired) electrons. The number of rotatable bonds is 3. The van der Waals surface area contributed by atoms with Gasteiger partial charge in [0.15, 0.2) is 0 Å². The summed E-state index contributed by atoms with van der Waals surface area (Å²) < 4.78 is 24.8. The minimum Gasteiger partial charge on any atom is -0.405 e. The molecular formula is C15H30B2O4. The van der Waals surface area contributed by atoms with Crippen LogP contribution in [0.15, 0.2) is 0 Å². The van der Waals surface area contributed by atoms with Crippen LogP contribution in [-0.2, 0) is 18.6 Å². The molecule has 0 aliphatic carbocycles. The topological polar surface area (TPSA) is 36.9 Å². The Kier molecular flexibility index (Phi) is 4.11. The second kappa shape index (κ2) is 4.98. The van der Waals surface area contributed by atoms with E-state index in [4.69, 9.17) is 18.6 Å². The molecule has 0 bridgehead atoms. The van der Waals surface area contributed by atoms with Crippen LogP contribution < -0.4 is 0 Å². The molecule has 2 fully saturated rings. The molecule has 0 aromatic rings.